The summed E-state index contributed by atoms with van der Waals surface area (Å²) < 4.78 is 6.59. The van der Waals surface area contributed by atoms with E-state index in [0.717, 1.165) is 35.3 Å². The lowest BCUT2D eigenvalue weighted by molar-refractivity contribution is -0.120. The average molecular weight is 392 g/mol. The topological polar surface area (TPSA) is 50.4 Å². The molecule has 2 N–H and O–H groups in total. The highest BCUT2D eigenvalue weighted by Gasteiger charge is 2.24. The Morgan fingerprint density at radius 1 is 1.41 bits per heavy atom. The highest BCUT2D eigenvalue weighted by molar-refractivity contribution is 9.10. The first-order valence-electron chi connectivity index (χ1n) is 7.45. The Bertz CT molecular complexity index is 511. The maximum Gasteiger partial charge on any atom is 0.227 e. The third-order valence-corrected chi connectivity index (χ3v) is 3.96. The Hall–Kier alpha value is -0.780. The predicted octanol–water partition coefficient (Wildman–Crippen LogP) is 3.98. The molecule has 1 aromatic carbocycles. The number of carbonyl (C=O) groups excluding carboxylic acids is 1. The number of amides is 1. The number of piperidine rings is 1. The molecule has 1 heterocycles. The Morgan fingerprint density at radius 2 is 2.14 bits per heavy atom. The SMILES string of the molecule is CC(C)Oc1cc(Br)cc(NC(=O)[C@H]2CCN[C@@H](C)C2)c1.Cl. The molecule has 0 unspecified atom stereocenters. The Kier molecular flexibility index (Phi) is 7.66. The first-order chi connectivity index (χ1) is 9.94. The van der Waals surface area contributed by atoms with E-state index in [1.165, 1.54) is 0 Å². The van der Waals surface area contributed by atoms with Crippen molar-refractivity contribution >= 4 is 39.9 Å². The van der Waals surface area contributed by atoms with E-state index in [2.05, 4.69) is 33.5 Å². The van der Waals surface area contributed by atoms with Crippen molar-refractivity contribution < 1.29 is 9.53 Å². The summed E-state index contributed by atoms with van der Waals surface area (Å²) in [4.78, 5) is 12.4. The number of nitrogens with one attached hydrogen (secondary N) is 2. The van der Waals surface area contributed by atoms with Crippen LogP contribution in [0.4, 0.5) is 5.69 Å². The second-order valence-electron chi connectivity index (χ2n) is 5.91. The minimum atomic E-state index is 0. The van der Waals surface area contributed by atoms with Gasteiger partial charge in [-0.25, -0.2) is 0 Å². The highest BCUT2D eigenvalue weighted by Crippen LogP contribution is 2.27. The van der Waals surface area contributed by atoms with Crippen LogP contribution in [0.15, 0.2) is 22.7 Å². The lowest BCUT2D eigenvalue weighted by Gasteiger charge is -2.27. The van der Waals surface area contributed by atoms with Crippen molar-refractivity contribution in [3.63, 3.8) is 0 Å². The number of rotatable bonds is 4. The number of carbonyl (C=O) groups is 1. The molecule has 0 aromatic heterocycles. The minimum Gasteiger partial charge on any atom is -0.491 e. The van der Waals surface area contributed by atoms with Crippen molar-refractivity contribution in [3.8, 4) is 5.75 Å². The molecule has 2 rings (SSSR count). The van der Waals surface area contributed by atoms with Gasteiger partial charge in [0.05, 0.1) is 6.10 Å². The Morgan fingerprint density at radius 3 is 2.77 bits per heavy atom. The van der Waals surface area contributed by atoms with Crippen LogP contribution in [0.3, 0.4) is 0 Å². The summed E-state index contributed by atoms with van der Waals surface area (Å²) in [5, 5.41) is 6.37. The molecule has 22 heavy (non-hydrogen) atoms. The first kappa shape index (κ1) is 19.3. The van der Waals surface area contributed by atoms with E-state index in [0.29, 0.717) is 6.04 Å². The smallest absolute Gasteiger partial charge is 0.227 e. The summed E-state index contributed by atoms with van der Waals surface area (Å²) >= 11 is 3.46. The van der Waals surface area contributed by atoms with Crippen molar-refractivity contribution in [1.29, 1.82) is 0 Å². The van der Waals surface area contributed by atoms with Crippen molar-refractivity contribution in [2.24, 2.45) is 5.92 Å². The summed E-state index contributed by atoms with van der Waals surface area (Å²) in [7, 11) is 0. The second kappa shape index (κ2) is 8.75. The molecular formula is C16H24BrClN2O2. The highest BCUT2D eigenvalue weighted by atomic mass is 79.9. The number of benzene rings is 1. The van der Waals surface area contributed by atoms with Gasteiger partial charge < -0.3 is 15.4 Å². The molecule has 0 spiro atoms. The minimum absolute atomic E-state index is 0. The first-order valence-corrected chi connectivity index (χ1v) is 8.25. The monoisotopic (exact) mass is 390 g/mol. The van der Waals surface area contributed by atoms with Crippen LogP contribution >= 0.6 is 28.3 Å². The number of halogens is 2. The van der Waals surface area contributed by atoms with Crippen molar-refractivity contribution in [3.05, 3.63) is 22.7 Å². The summed E-state index contributed by atoms with van der Waals surface area (Å²) in [6.45, 7) is 6.98. The molecule has 6 heteroatoms. The molecule has 1 fully saturated rings. The van der Waals surface area contributed by atoms with Gasteiger partial charge in [0, 0.05) is 28.2 Å². The van der Waals surface area contributed by atoms with E-state index in [9.17, 15) is 4.79 Å². The number of hydrogen-bond donors (Lipinski definition) is 2. The predicted molar refractivity (Wildman–Crippen MR) is 96.0 cm³/mol. The summed E-state index contributed by atoms with van der Waals surface area (Å²) in [5.74, 6) is 0.931. The van der Waals surface area contributed by atoms with Gasteiger partial charge in [-0.3, -0.25) is 4.79 Å². The van der Waals surface area contributed by atoms with Crippen LogP contribution in [0.1, 0.15) is 33.6 Å². The van der Waals surface area contributed by atoms with E-state index in [4.69, 9.17) is 4.74 Å². The molecule has 1 saturated heterocycles. The van der Waals surface area contributed by atoms with E-state index in [1.54, 1.807) is 0 Å². The zero-order chi connectivity index (χ0) is 15.4. The van der Waals surface area contributed by atoms with Crippen LogP contribution in [0.2, 0.25) is 0 Å². The van der Waals surface area contributed by atoms with E-state index >= 15 is 0 Å². The molecular weight excluding hydrogens is 368 g/mol. The molecule has 1 aliphatic rings. The number of anilines is 1. The van der Waals surface area contributed by atoms with Gasteiger partial charge in [-0.15, -0.1) is 12.4 Å². The van der Waals surface area contributed by atoms with Crippen LogP contribution in [-0.2, 0) is 4.79 Å². The quantitative estimate of drug-likeness (QED) is 0.816. The molecule has 1 aliphatic heterocycles. The van der Waals surface area contributed by atoms with Gasteiger partial charge >= 0.3 is 0 Å². The van der Waals surface area contributed by atoms with Gasteiger partial charge in [-0.1, -0.05) is 15.9 Å². The Labute approximate surface area is 146 Å². The van der Waals surface area contributed by atoms with Crippen molar-refractivity contribution in [2.75, 3.05) is 11.9 Å². The van der Waals surface area contributed by atoms with Gasteiger partial charge in [-0.05, 0) is 52.3 Å². The molecule has 124 valence electrons. The molecule has 4 nitrogen and oxygen atoms in total. The van der Waals surface area contributed by atoms with Crippen molar-refractivity contribution in [2.45, 2.75) is 45.8 Å². The second-order valence-corrected chi connectivity index (χ2v) is 6.82. The van der Waals surface area contributed by atoms with E-state index < -0.39 is 0 Å². The fourth-order valence-electron chi connectivity index (χ4n) is 2.59. The zero-order valence-corrected chi connectivity index (χ0v) is 15.6. The van der Waals surface area contributed by atoms with Crippen molar-refractivity contribution in [1.82, 2.24) is 5.32 Å². The van der Waals surface area contributed by atoms with Gasteiger partial charge in [0.15, 0.2) is 0 Å². The third kappa shape index (κ3) is 5.78. The maximum atomic E-state index is 12.4. The molecule has 1 amide bonds. The van der Waals surface area contributed by atoms with Crippen LogP contribution in [0.5, 0.6) is 5.75 Å². The molecule has 0 bridgehead atoms. The fourth-order valence-corrected chi connectivity index (χ4v) is 3.06. The molecule has 0 aliphatic carbocycles. The normalized spacial score (nSPS) is 21.1. The van der Waals surface area contributed by atoms with Gasteiger partial charge in [0.25, 0.3) is 0 Å². The van der Waals surface area contributed by atoms with Gasteiger partial charge in [-0.2, -0.15) is 0 Å². The van der Waals surface area contributed by atoms with Crippen LogP contribution in [-0.4, -0.2) is 24.6 Å². The standard InChI is InChI=1S/C16H23BrN2O2.ClH/c1-10(2)21-15-8-13(17)7-14(9-15)19-16(20)12-4-5-18-11(3)6-12;/h7-12,18H,4-6H2,1-3H3,(H,19,20);1H/t11-,12-;/m0./s1. The summed E-state index contributed by atoms with van der Waals surface area (Å²) in [5.41, 5.74) is 0.774. The van der Waals surface area contributed by atoms with E-state index in [1.807, 2.05) is 32.0 Å². The van der Waals surface area contributed by atoms with E-state index in [-0.39, 0.29) is 30.3 Å². The third-order valence-electron chi connectivity index (χ3n) is 3.51. The van der Waals surface area contributed by atoms with Crippen LogP contribution in [0, 0.1) is 5.92 Å². The largest absolute Gasteiger partial charge is 0.491 e. The lowest BCUT2D eigenvalue weighted by Crippen LogP contribution is -2.40. The average Bonchev–Trinajstić information content (AvgIpc) is 2.37. The fraction of sp³-hybridized carbons (Fsp3) is 0.562. The molecule has 1 aromatic rings. The maximum absolute atomic E-state index is 12.4. The van der Waals surface area contributed by atoms with Crippen LogP contribution in [0.25, 0.3) is 0 Å². The molecule has 0 saturated carbocycles. The number of ether oxygens (including phenoxy) is 1. The molecule has 2 atom stereocenters. The van der Waals surface area contributed by atoms with Crippen LogP contribution < -0.4 is 15.4 Å². The molecule has 0 radical (unpaired) electrons. The Balaban J connectivity index is 0.00000242. The zero-order valence-electron chi connectivity index (χ0n) is 13.2. The number of hydrogen-bond acceptors (Lipinski definition) is 3. The summed E-state index contributed by atoms with van der Waals surface area (Å²) in [6.07, 6.45) is 1.88. The van der Waals surface area contributed by atoms with Gasteiger partial charge in [0.1, 0.15) is 5.75 Å². The van der Waals surface area contributed by atoms with Gasteiger partial charge in [0.2, 0.25) is 5.91 Å². The summed E-state index contributed by atoms with van der Waals surface area (Å²) in [6, 6.07) is 6.07. The lowest BCUT2D eigenvalue weighted by atomic mass is 9.92.